The molecule has 10 aromatic carbocycles. The van der Waals surface area contributed by atoms with Gasteiger partial charge in [0.05, 0.1) is 0 Å². The zero-order chi connectivity index (χ0) is 50.7. The summed E-state index contributed by atoms with van der Waals surface area (Å²) in [6.07, 6.45) is 0. The highest BCUT2D eigenvalue weighted by atomic mass is 15.2. The molecule has 3 heteroatoms. The molecule has 73 heavy (non-hydrogen) atoms. The van der Waals surface area contributed by atoms with Crippen LogP contribution in [0.5, 0.6) is 0 Å². The first-order valence-electron chi connectivity index (χ1n) is 26.5. The Kier molecular flexibility index (Phi) is 9.71. The third kappa shape index (κ3) is 6.91. The number of rotatable bonds is 3. The Morgan fingerprint density at radius 1 is 0.356 bits per heavy atom. The normalized spacial score (nSPS) is 13.7. The van der Waals surface area contributed by atoms with Gasteiger partial charge in [0.1, 0.15) is 0 Å². The number of hydrogen-bond donors (Lipinski definition) is 0. The summed E-state index contributed by atoms with van der Waals surface area (Å²) in [7, 11) is 0. The van der Waals surface area contributed by atoms with E-state index < -0.39 is 0 Å². The minimum atomic E-state index is -0.137. The second-order valence-corrected chi connectivity index (χ2v) is 25.4. The summed E-state index contributed by atoms with van der Waals surface area (Å²) in [5.74, 6) is 0. The van der Waals surface area contributed by atoms with Crippen molar-refractivity contribution in [2.24, 2.45) is 0 Å². The fourth-order valence-corrected chi connectivity index (χ4v) is 12.6. The van der Waals surface area contributed by atoms with Gasteiger partial charge in [-0.25, -0.2) is 0 Å². The first-order valence-corrected chi connectivity index (χ1v) is 26.5. The van der Waals surface area contributed by atoms with Crippen LogP contribution in [0, 0.1) is 0 Å². The van der Waals surface area contributed by atoms with Gasteiger partial charge in [0.25, 0.3) is 0 Å². The van der Waals surface area contributed by atoms with E-state index in [4.69, 9.17) is 0 Å². The van der Waals surface area contributed by atoms with E-state index in [1.54, 1.807) is 0 Å². The first kappa shape index (κ1) is 45.5. The van der Waals surface area contributed by atoms with Crippen LogP contribution >= 0.6 is 0 Å². The Bertz CT molecular complexity index is 4080. The molecule has 13 rings (SSSR count). The zero-order valence-corrected chi connectivity index (χ0v) is 44.7. The Balaban J connectivity index is 1.29. The fourth-order valence-electron chi connectivity index (χ4n) is 12.6. The predicted molar refractivity (Wildman–Crippen MR) is 318 cm³/mol. The summed E-state index contributed by atoms with van der Waals surface area (Å²) in [5.41, 5.74) is 21.7. The van der Waals surface area contributed by atoms with Crippen molar-refractivity contribution in [2.45, 2.75) is 105 Å². The van der Waals surface area contributed by atoms with E-state index >= 15 is 0 Å². The molecule has 0 saturated heterocycles. The number of aromatic nitrogens is 1. The quantitative estimate of drug-likeness (QED) is 0.127. The standard InChI is InChI=1S/C70H65BN2/c1-67(2,3)45-31-32-59-53(37-45)56-38-48(70(10,11)12)39-57-64-50-28-20-19-27-44(50)33-61-65(64)71(73(59)66(56)57)58-40-54-55(41-60(58)72(61)49-35-46(68(4,5)6)34-47(36-49)69(7,8)9)63(43-25-17-14-18-26-43)52-30-22-21-29-51(52)62(54)42-23-15-13-16-24-42/h13-41H,1-12H3. The molecular weight excluding hydrogens is 880 g/mol. The number of nitrogens with zero attached hydrogens (tertiary/aromatic N) is 2. The van der Waals surface area contributed by atoms with Crippen molar-refractivity contribution >= 4 is 89.0 Å². The van der Waals surface area contributed by atoms with Gasteiger partial charge in [0.15, 0.2) is 0 Å². The van der Waals surface area contributed by atoms with E-state index in [9.17, 15) is 0 Å². The molecule has 0 bridgehead atoms. The average Bonchev–Trinajstić information content (AvgIpc) is 3.69. The number of anilines is 3. The van der Waals surface area contributed by atoms with Crippen molar-refractivity contribution in [1.29, 1.82) is 0 Å². The third-order valence-corrected chi connectivity index (χ3v) is 16.5. The van der Waals surface area contributed by atoms with Crippen LogP contribution < -0.4 is 15.8 Å². The largest absolute Gasteiger partial charge is 0.375 e. The molecule has 0 radical (unpaired) electrons. The molecule has 11 aromatic rings. The Morgan fingerprint density at radius 2 is 0.863 bits per heavy atom. The molecule has 0 aliphatic carbocycles. The van der Waals surface area contributed by atoms with Gasteiger partial charge in [-0.05, 0) is 164 Å². The van der Waals surface area contributed by atoms with E-state index in [0.717, 1.165) is 0 Å². The molecule has 3 heterocycles. The van der Waals surface area contributed by atoms with Crippen molar-refractivity contribution in [2.75, 3.05) is 4.90 Å². The third-order valence-electron chi connectivity index (χ3n) is 16.5. The lowest BCUT2D eigenvalue weighted by Crippen LogP contribution is -2.56. The summed E-state index contributed by atoms with van der Waals surface area (Å²) < 4.78 is 2.77. The van der Waals surface area contributed by atoms with Crippen LogP contribution in [0.15, 0.2) is 176 Å². The van der Waals surface area contributed by atoms with Crippen LogP contribution in [0.4, 0.5) is 17.1 Å². The average molecular weight is 945 g/mol. The van der Waals surface area contributed by atoms with Crippen molar-refractivity contribution < 1.29 is 0 Å². The molecule has 0 spiro atoms. The first-order chi connectivity index (χ1) is 34.8. The highest BCUT2D eigenvalue weighted by molar-refractivity contribution is 6.90. The van der Waals surface area contributed by atoms with Gasteiger partial charge < -0.3 is 9.38 Å². The maximum Gasteiger partial charge on any atom is 0.333 e. The Morgan fingerprint density at radius 3 is 1.44 bits per heavy atom. The second kappa shape index (κ2) is 15.6. The summed E-state index contributed by atoms with van der Waals surface area (Å²) in [4.78, 5) is 2.69. The van der Waals surface area contributed by atoms with Crippen LogP contribution in [0.25, 0.3) is 87.5 Å². The van der Waals surface area contributed by atoms with Crippen LogP contribution in [0.3, 0.4) is 0 Å². The van der Waals surface area contributed by atoms with Gasteiger partial charge in [-0.2, -0.15) is 0 Å². The van der Waals surface area contributed by atoms with Crippen molar-refractivity contribution in [1.82, 2.24) is 4.48 Å². The smallest absolute Gasteiger partial charge is 0.333 e. The molecule has 358 valence electrons. The lowest BCUT2D eigenvalue weighted by Gasteiger charge is -2.42. The topological polar surface area (TPSA) is 8.17 Å². The Labute approximate surface area is 432 Å². The SMILES string of the molecule is CC(C)(C)c1cc(N2c3cc4c(-c5ccccc5)c5ccccc5c(-c5ccccc5)c4cc3B3c4c2cc2ccccc2c4-c2cc(C(C)(C)C)cc4c5cc(C(C)(C)C)ccc5n3c24)cc(C(C)(C)C)c1. The number of hydrogen-bond acceptors (Lipinski definition) is 1. The minimum absolute atomic E-state index is 0.0168. The molecule has 0 N–H and O–H groups in total. The monoisotopic (exact) mass is 945 g/mol. The maximum atomic E-state index is 2.77. The van der Waals surface area contributed by atoms with E-state index in [0.29, 0.717) is 0 Å². The molecule has 0 atom stereocenters. The van der Waals surface area contributed by atoms with Crippen LogP contribution in [-0.2, 0) is 21.7 Å². The van der Waals surface area contributed by atoms with Gasteiger partial charge in [-0.1, -0.05) is 210 Å². The lowest BCUT2D eigenvalue weighted by atomic mass is 9.44. The maximum absolute atomic E-state index is 2.77. The van der Waals surface area contributed by atoms with Crippen LogP contribution in [-0.4, -0.2) is 11.3 Å². The summed E-state index contributed by atoms with van der Waals surface area (Å²) in [5, 5.41) is 10.3. The predicted octanol–water partition coefficient (Wildman–Crippen LogP) is 18.2. The highest BCUT2D eigenvalue weighted by Gasteiger charge is 2.45. The van der Waals surface area contributed by atoms with Crippen molar-refractivity contribution in [3.63, 3.8) is 0 Å². The van der Waals surface area contributed by atoms with Crippen molar-refractivity contribution in [3.05, 3.63) is 198 Å². The molecule has 1 aromatic heterocycles. The van der Waals surface area contributed by atoms with Gasteiger partial charge in [-0.15, -0.1) is 0 Å². The van der Waals surface area contributed by atoms with Gasteiger partial charge in [0.2, 0.25) is 0 Å². The fraction of sp³-hybridized carbons (Fsp3) is 0.229. The Hall–Kier alpha value is -7.36. The van der Waals surface area contributed by atoms with Crippen LogP contribution in [0.1, 0.15) is 105 Å². The minimum Gasteiger partial charge on any atom is -0.375 e. The van der Waals surface area contributed by atoms with E-state index in [1.165, 1.54) is 138 Å². The van der Waals surface area contributed by atoms with Gasteiger partial charge in [-0.3, -0.25) is 0 Å². The van der Waals surface area contributed by atoms with Gasteiger partial charge >= 0.3 is 6.85 Å². The molecule has 2 aliphatic heterocycles. The molecule has 0 saturated carbocycles. The van der Waals surface area contributed by atoms with E-state index in [2.05, 4.69) is 268 Å². The van der Waals surface area contributed by atoms with Crippen molar-refractivity contribution in [3.8, 4) is 33.4 Å². The molecular formula is C70H65BN2. The molecule has 2 aliphatic rings. The van der Waals surface area contributed by atoms with E-state index in [-0.39, 0.29) is 28.5 Å². The summed E-state index contributed by atoms with van der Waals surface area (Å²) >= 11 is 0. The lowest BCUT2D eigenvalue weighted by molar-refractivity contribution is 0.569. The molecule has 2 nitrogen and oxygen atoms in total. The molecule has 0 amide bonds. The summed E-state index contributed by atoms with van der Waals surface area (Å²) in [6, 6.07) is 68.3. The summed E-state index contributed by atoms with van der Waals surface area (Å²) in [6.45, 7) is 28.2. The van der Waals surface area contributed by atoms with Crippen LogP contribution in [0.2, 0.25) is 0 Å². The van der Waals surface area contributed by atoms with E-state index in [1.807, 2.05) is 0 Å². The van der Waals surface area contributed by atoms with Gasteiger partial charge in [0, 0.05) is 44.4 Å². The second-order valence-electron chi connectivity index (χ2n) is 25.4. The highest BCUT2D eigenvalue weighted by Crippen LogP contribution is 2.52. The number of benzene rings is 10. The number of fused-ring (bicyclic) bond motifs is 11. The molecule has 0 fully saturated rings. The molecule has 0 unspecified atom stereocenters. The zero-order valence-electron chi connectivity index (χ0n) is 44.7.